The largest absolute Gasteiger partial charge is 0.356 e. The number of amides is 2. The van der Waals surface area contributed by atoms with Gasteiger partial charge in [-0.25, -0.2) is 0 Å². The van der Waals surface area contributed by atoms with Crippen LogP contribution in [0.4, 0.5) is 0 Å². The van der Waals surface area contributed by atoms with Crippen LogP contribution in [0.15, 0.2) is 54.0 Å². The highest BCUT2D eigenvalue weighted by Gasteiger charge is 2.21. The van der Waals surface area contributed by atoms with Gasteiger partial charge in [-0.15, -0.1) is 11.3 Å². The fourth-order valence-electron chi connectivity index (χ4n) is 4.21. The van der Waals surface area contributed by atoms with Crippen molar-refractivity contribution in [2.75, 3.05) is 19.6 Å². The predicted octanol–water partition coefficient (Wildman–Crippen LogP) is 3.56. The van der Waals surface area contributed by atoms with Gasteiger partial charge in [0.2, 0.25) is 11.8 Å². The number of thiophene rings is 1. The van der Waals surface area contributed by atoms with Gasteiger partial charge < -0.3 is 10.6 Å². The van der Waals surface area contributed by atoms with Crippen molar-refractivity contribution in [3.05, 3.63) is 65.2 Å². The van der Waals surface area contributed by atoms with Gasteiger partial charge in [0.25, 0.3) is 0 Å². The van der Waals surface area contributed by atoms with Gasteiger partial charge in [-0.1, -0.05) is 36.4 Å². The summed E-state index contributed by atoms with van der Waals surface area (Å²) in [6.07, 6.45) is 4.70. The average molecular weight is 466 g/mol. The van der Waals surface area contributed by atoms with Crippen molar-refractivity contribution in [3.8, 4) is 10.6 Å². The monoisotopic (exact) mass is 465 g/mol. The van der Waals surface area contributed by atoms with Crippen molar-refractivity contribution >= 4 is 23.2 Å². The standard InChI is InChI=1S/C25H31N5O2S/c31-23-11-14-30(18-21-17-28-29-24(21)22-9-5-15-33-22)13-4-8-20(10-12-26-23)25(32)27-16-19-6-2-1-3-7-19/h1-3,5-7,9,15,17,20H,4,8,10-14,16,18H2,(H,26,31)(H,27,32)(H,28,29). The van der Waals surface area contributed by atoms with Gasteiger partial charge in [-0.05, 0) is 42.8 Å². The Labute approximate surface area is 198 Å². The zero-order chi connectivity index (χ0) is 22.9. The minimum atomic E-state index is -0.107. The fourth-order valence-corrected chi connectivity index (χ4v) is 4.96. The number of rotatable bonds is 6. The van der Waals surface area contributed by atoms with E-state index >= 15 is 0 Å². The van der Waals surface area contributed by atoms with Gasteiger partial charge in [0.1, 0.15) is 0 Å². The normalized spacial score (nSPS) is 18.3. The van der Waals surface area contributed by atoms with Crippen LogP contribution in [-0.4, -0.2) is 46.5 Å². The van der Waals surface area contributed by atoms with Crippen molar-refractivity contribution < 1.29 is 9.59 Å². The summed E-state index contributed by atoms with van der Waals surface area (Å²) in [4.78, 5) is 28.7. The van der Waals surface area contributed by atoms with Crippen LogP contribution in [0.2, 0.25) is 0 Å². The molecule has 0 radical (unpaired) electrons. The Morgan fingerprint density at radius 3 is 2.85 bits per heavy atom. The molecule has 1 saturated heterocycles. The number of carbonyl (C=O) groups excluding carboxylic acids is 2. The van der Waals surface area contributed by atoms with Crippen LogP contribution in [0.25, 0.3) is 10.6 Å². The molecule has 8 heteroatoms. The molecule has 1 aliphatic rings. The Morgan fingerprint density at radius 2 is 2.03 bits per heavy atom. The molecule has 33 heavy (non-hydrogen) atoms. The Hall–Kier alpha value is -2.97. The van der Waals surface area contributed by atoms with Crippen LogP contribution in [0.5, 0.6) is 0 Å². The lowest BCUT2D eigenvalue weighted by atomic mass is 9.98. The molecule has 1 fully saturated rings. The molecule has 0 spiro atoms. The lowest BCUT2D eigenvalue weighted by molar-refractivity contribution is -0.126. The van der Waals surface area contributed by atoms with Crippen LogP contribution in [0.1, 0.15) is 36.8 Å². The number of aromatic nitrogens is 2. The van der Waals surface area contributed by atoms with Crippen molar-refractivity contribution in [3.63, 3.8) is 0 Å². The average Bonchev–Trinajstić information content (AvgIpc) is 3.51. The molecule has 174 valence electrons. The summed E-state index contributed by atoms with van der Waals surface area (Å²) >= 11 is 1.68. The van der Waals surface area contributed by atoms with E-state index < -0.39 is 0 Å². The molecular weight excluding hydrogens is 434 g/mol. The minimum absolute atomic E-state index is 0.0380. The summed E-state index contributed by atoms with van der Waals surface area (Å²) in [6.45, 7) is 3.31. The molecule has 3 heterocycles. The Kier molecular flexibility index (Phi) is 8.27. The molecule has 2 amide bonds. The summed E-state index contributed by atoms with van der Waals surface area (Å²) in [5.74, 6) is -0.00528. The molecular formula is C25H31N5O2S. The third-order valence-electron chi connectivity index (χ3n) is 6.06. The highest BCUT2D eigenvalue weighted by molar-refractivity contribution is 7.13. The van der Waals surface area contributed by atoms with Gasteiger partial charge >= 0.3 is 0 Å². The maximum absolute atomic E-state index is 12.9. The molecule has 4 rings (SSSR count). The van der Waals surface area contributed by atoms with E-state index in [1.807, 2.05) is 42.6 Å². The first-order chi connectivity index (χ1) is 16.2. The zero-order valence-electron chi connectivity index (χ0n) is 18.8. The maximum atomic E-state index is 12.9. The van der Waals surface area contributed by atoms with Crippen molar-refractivity contribution in [2.24, 2.45) is 5.92 Å². The number of hydrogen-bond acceptors (Lipinski definition) is 5. The van der Waals surface area contributed by atoms with E-state index in [0.717, 1.165) is 47.6 Å². The van der Waals surface area contributed by atoms with Crippen LogP contribution in [0, 0.1) is 5.92 Å². The minimum Gasteiger partial charge on any atom is -0.356 e. The van der Waals surface area contributed by atoms with E-state index in [4.69, 9.17) is 0 Å². The van der Waals surface area contributed by atoms with Gasteiger partial charge in [-0.3, -0.25) is 19.6 Å². The van der Waals surface area contributed by atoms with Crippen LogP contribution in [-0.2, 0) is 22.7 Å². The molecule has 3 N–H and O–H groups in total. The molecule has 3 aromatic rings. The van der Waals surface area contributed by atoms with Crippen molar-refractivity contribution in [1.82, 2.24) is 25.7 Å². The Bertz CT molecular complexity index is 1020. The van der Waals surface area contributed by atoms with E-state index in [1.165, 1.54) is 0 Å². The molecule has 0 bridgehead atoms. The van der Waals surface area contributed by atoms with Crippen LogP contribution < -0.4 is 10.6 Å². The number of nitrogens with one attached hydrogen (secondary N) is 3. The first-order valence-electron chi connectivity index (χ1n) is 11.6. The summed E-state index contributed by atoms with van der Waals surface area (Å²) < 4.78 is 0. The highest BCUT2D eigenvalue weighted by Crippen LogP contribution is 2.27. The van der Waals surface area contributed by atoms with E-state index in [-0.39, 0.29) is 17.7 Å². The molecule has 1 aromatic carbocycles. The highest BCUT2D eigenvalue weighted by atomic mass is 32.1. The molecule has 1 atom stereocenters. The molecule has 0 saturated carbocycles. The summed E-state index contributed by atoms with van der Waals surface area (Å²) in [5, 5.41) is 15.5. The molecule has 0 aliphatic carbocycles. The van der Waals surface area contributed by atoms with Gasteiger partial charge in [0.15, 0.2) is 0 Å². The number of nitrogens with zero attached hydrogens (tertiary/aromatic N) is 2. The number of aromatic amines is 1. The number of carbonyl (C=O) groups is 2. The first-order valence-corrected chi connectivity index (χ1v) is 12.4. The molecule has 1 unspecified atom stereocenters. The number of H-pyrrole nitrogens is 1. The second-order valence-corrected chi connectivity index (χ2v) is 9.40. The quantitative estimate of drug-likeness (QED) is 0.519. The van der Waals surface area contributed by atoms with Gasteiger partial charge in [0.05, 0.1) is 16.8 Å². The van der Waals surface area contributed by atoms with Crippen molar-refractivity contribution in [2.45, 2.75) is 38.8 Å². The van der Waals surface area contributed by atoms with Gasteiger partial charge in [0, 0.05) is 44.1 Å². The van der Waals surface area contributed by atoms with E-state index in [9.17, 15) is 9.59 Å². The lowest BCUT2D eigenvalue weighted by Crippen LogP contribution is -2.33. The number of benzene rings is 1. The predicted molar refractivity (Wildman–Crippen MR) is 130 cm³/mol. The van der Waals surface area contributed by atoms with Gasteiger partial charge in [-0.2, -0.15) is 5.10 Å². The lowest BCUT2D eigenvalue weighted by Gasteiger charge is -2.22. The number of hydrogen-bond donors (Lipinski definition) is 3. The molecule has 7 nitrogen and oxygen atoms in total. The van der Waals surface area contributed by atoms with E-state index in [2.05, 4.69) is 37.2 Å². The first kappa shape index (κ1) is 23.2. The summed E-state index contributed by atoms with van der Waals surface area (Å²) in [7, 11) is 0. The molecule has 2 aromatic heterocycles. The van der Waals surface area contributed by atoms with Crippen LogP contribution >= 0.6 is 11.3 Å². The van der Waals surface area contributed by atoms with Crippen molar-refractivity contribution in [1.29, 1.82) is 0 Å². The van der Waals surface area contributed by atoms with E-state index in [0.29, 0.717) is 32.5 Å². The SMILES string of the molecule is O=C1CCN(Cc2cn[nH]c2-c2cccs2)CCCC(C(=O)NCc2ccccc2)CCN1. The summed E-state index contributed by atoms with van der Waals surface area (Å²) in [6, 6.07) is 14.1. The third kappa shape index (κ3) is 6.76. The van der Waals surface area contributed by atoms with Crippen LogP contribution in [0.3, 0.4) is 0 Å². The summed E-state index contributed by atoms with van der Waals surface area (Å²) in [5.41, 5.74) is 3.26. The van der Waals surface area contributed by atoms with E-state index in [1.54, 1.807) is 11.3 Å². The second kappa shape index (κ2) is 11.8. The fraction of sp³-hybridized carbons (Fsp3) is 0.400. The second-order valence-electron chi connectivity index (χ2n) is 8.45. The zero-order valence-corrected chi connectivity index (χ0v) is 19.6. The Balaban J connectivity index is 1.37. The maximum Gasteiger partial charge on any atom is 0.223 e. The topological polar surface area (TPSA) is 90.1 Å². The smallest absolute Gasteiger partial charge is 0.223 e. The third-order valence-corrected chi connectivity index (χ3v) is 6.94. The molecule has 1 aliphatic heterocycles. The Morgan fingerprint density at radius 1 is 1.15 bits per heavy atom.